The van der Waals surface area contributed by atoms with Gasteiger partial charge in [0.2, 0.25) is 0 Å². The minimum absolute atomic E-state index is 0.264. The normalized spacial score (nSPS) is 25.6. The first-order valence-electron chi connectivity index (χ1n) is 5.39. The van der Waals surface area contributed by atoms with E-state index in [0.717, 1.165) is 32.4 Å². The van der Waals surface area contributed by atoms with Crippen molar-refractivity contribution in [2.45, 2.75) is 38.6 Å². The molecule has 2 amide bonds. The number of carbonyl (C=O) groups excluding carboxylic acids is 1. The molecule has 1 aliphatic heterocycles. The van der Waals surface area contributed by atoms with Crippen LogP contribution in [-0.4, -0.2) is 30.1 Å². The summed E-state index contributed by atoms with van der Waals surface area (Å²) in [5.74, 6) is 0.666. The van der Waals surface area contributed by atoms with Gasteiger partial charge in [-0.1, -0.05) is 0 Å². The maximum atomic E-state index is 11.0. The van der Waals surface area contributed by atoms with Crippen LogP contribution in [0.2, 0.25) is 0 Å². The van der Waals surface area contributed by atoms with Gasteiger partial charge in [-0.05, 0) is 38.5 Å². The molecule has 0 saturated carbocycles. The fourth-order valence-electron chi connectivity index (χ4n) is 2.15. The third-order valence-corrected chi connectivity index (χ3v) is 2.86. The lowest BCUT2D eigenvalue weighted by Crippen LogP contribution is -2.36. The Morgan fingerprint density at radius 2 is 2.21 bits per heavy atom. The molecule has 4 heteroatoms. The molecule has 1 saturated heterocycles. The maximum Gasteiger partial charge on any atom is 0.314 e. The second kappa shape index (κ2) is 5.20. The molecule has 0 bridgehead atoms. The van der Waals surface area contributed by atoms with Gasteiger partial charge in [-0.25, -0.2) is 4.79 Å². The highest BCUT2D eigenvalue weighted by atomic mass is 16.2. The molecule has 1 aliphatic rings. The molecule has 0 aromatic rings. The van der Waals surface area contributed by atoms with Gasteiger partial charge in [-0.15, -0.1) is 0 Å². The summed E-state index contributed by atoms with van der Waals surface area (Å²) in [6.45, 7) is 3.65. The minimum atomic E-state index is -0.286. The zero-order valence-electron chi connectivity index (χ0n) is 8.91. The molecule has 0 aromatic carbocycles. The fourth-order valence-corrected chi connectivity index (χ4v) is 2.15. The molecular weight excluding hydrogens is 178 g/mol. The van der Waals surface area contributed by atoms with E-state index in [0.29, 0.717) is 5.92 Å². The Labute approximate surface area is 85.6 Å². The fraction of sp³-hybridized carbons (Fsp3) is 0.900. The van der Waals surface area contributed by atoms with Crippen LogP contribution in [0.5, 0.6) is 0 Å². The summed E-state index contributed by atoms with van der Waals surface area (Å²) in [7, 11) is 0. The van der Waals surface area contributed by atoms with Crippen LogP contribution in [0, 0.1) is 5.92 Å². The van der Waals surface area contributed by atoms with E-state index >= 15 is 0 Å². The van der Waals surface area contributed by atoms with Crippen LogP contribution < -0.4 is 11.5 Å². The molecule has 2 unspecified atom stereocenters. The van der Waals surface area contributed by atoms with E-state index < -0.39 is 0 Å². The van der Waals surface area contributed by atoms with Crippen molar-refractivity contribution in [2.24, 2.45) is 17.4 Å². The number of hydrogen-bond donors (Lipinski definition) is 2. The van der Waals surface area contributed by atoms with Gasteiger partial charge in [0.15, 0.2) is 0 Å². The number of nitrogens with two attached hydrogens (primary N) is 2. The van der Waals surface area contributed by atoms with E-state index in [1.54, 1.807) is 4.90 Å². The average Bonchev–Trinajstić information content (AvgIpc) is 2.28. The van der Waals surface area contributed by atoms with E-state index in [2.05, 4.69) is 0 Å². The molecule has 0 spiro atoms. The van der Waals surface area contributed by atoms with Crippen LogP contribution in [0.1, 0.15) is 32.6 Å². The monoisotopic (exact) mass is 199 g/mol. The van der Waals surface area contributed by atoms with Crippen LogP contribution in [-0.2, 0) is 0 Å². The summed E-state index contributed by atoms with van der Waals surface area (Å²) in [5, 5.41) is 0. The van der Waals surface area contributed by atoms with E-state index in [4.69, 9.17) is 11.5 Å². The Kier molecular flexibility index (Phi) is 4.20. The SMILES string of the molecule is CC(N)CC1CCCN(C(N)=O)CC1. The van der Waals surface area contributed by atoms with Gasteiger partial charge in [0.1, 0.15) is 0 Å². The summed E-state index contributed by atoms with van der Waals surface area (Å²) >= 11 is 0. The third kappa shape index (κ3) is 3.54. The first-order chi connectivity index (χ1) is 6.59. The lowest BCUT2D eigenvalue weighted by atomic mass is 9.94. The zero-order chi connectivity index (χ0) is 10.6. The molecule has 14 heavy (non-hydrogen) atoms. The predicted molar refractivity (Wildman–Crippen MR) is 56.8 cm³/mol. The Hall–Kier alpha value is -0.770. The standard InChI is InChI=1S/C10H21N3O/c1-8(11)7-9-3-2-5-13(6-4-9)10(12)14/h8-9H,2-7,11H2,1H3,(H2,12,14). The number of primary amides is 1. The maximum absolute atomic E-state index is 11.0. The summed E-state index contributed by atoms with van der Waals surface area (Å²) in [4.78, 5) is 12.7. The third-order valence-electron chi connectivity index (χ3n) is 2.86. The Morgan fingerprint density at radius 1 is 1.50 bits per heavy atom. The Bertz CT molecular complexity index is 194. The largest absolute Gasteiger partial charge is 0.351 e. The van der Waals surface area contributed by atoms with Crippen molar-refractivity contribution in [2.75, 3.05) is 13.1 Å². The molecule has 4 nitrogen and oxygen atoms in total. The van der Waals surface area contributed by atoms with Crippen LogP contribution >= 0.6 is 0 Å². The van der Waals surface area contributed by atoms with Gasteiger partial charge in [0.05, 0.1) is 0 Å². The molecule has 4 N–H and O–H groups in total. The Balaban J connectivity index is 2.36. The van der Waals surface area contributed by atoms with Gasteiger partial charge >= 0.3 is 6.03 Å². The quantitative estimate of drug-likeness (QED) is 0.693. The van der Waals surface area contributed by atoms with Crippen LogP contribution in [0.4, 0.5) is 4.79 Å². The van der Waals surface area contributed by atoms with E-state index in [-0.39, 0.29) is 12.1 Å². The minimum Gasteiger partial charge on any atom is -0.351 e. The molecule has 1 rings (SSSR count). The smallest absolute Gasteiger partial charge is 0.314 e. The van der Waals surface area contributed by atoms with Crippen molar-refractivity contribution in [3.05, 3.63) is 0 Å². The van der Waals surface area contributed by atoms with E-state index in [1.165, 1.54) is 6.42 Å². The summed E-state index contributed by atoms with van der Waals surface area (Å²) in [5.41, 5.74) is 11.0. The number of amides is 2. The highest BCUT2D eigenvalue weighted by molar-refractivity contribution is 5.71. The van der Waals surface area contributed by atoms with Gasteiger partial charge in [-0.3, -0.25) is 0 Å². The zero-order valence-corrected chi connectivity index (χ0v) is 8.91. The number of hydrogen-bond acceptors (Lipinski definition) is 2. The number of rotatable bonds is 2. The first-order valence-corrected chi connectivity index (χ1v) is 5.39. The van der Waals surface area contributed by atoms with Crippen molar-refractivity contribution in [3.63, 3.8) is 0 Å². The highest BCUT2D eigenvalue weighted by Gasteiger charge is 2.19. The summed E-state index contributed by atoms with van der Waals surface area (Å²) < 4.78 is 0. The Morgan fingerprint density at radius 3 is 2.79 bits per heavy atom. The van der Waals surface area contributed by atoms with Crippen molar-refractivity contribution in [3.8, 4) is 0 Å². The van der Waals surface area contributed by atoms with Gasteiger partial charge in [0, 0.05) is 19.1 Å². The van der Waals surface area contributed by atoms with Gasteiger partial charge in [-0.2, -0.15) is 0 Å². The summed E-state index contributed by atoms with van der Waals surface area (Å²) in [6.07, 6.45) is 4.34. The number of carbonyl (C=O) groups is 1. The van der Waals surface area contributed by atoms with Crippen molar-refractivity contribution < 1.29 is 4.79 Å². The van der Waals surface area contributed by atoms with E-state index in [1.807, 2.05) is 6.92 Å². The van der Waals surface area contributed by atoms with E-state index in [9.17, 15) is 4.79 Å². The second-order valence-corrected chi connectivity index (χ2v) is 4.34. The lowest BCUT2D eigenvalue weighted by molar-refractivity contribution is 0.208. The van der Waals surface area contributed by atoms with Crippen molar-refractivity contribution in [1.82, 2.24) is 4.90 Å². The molecule has 1 heterocycles. The van der Waals surface area contributed by atoms with Gasteiger partial charge < -0.3 is 16.4 Å². The molecule has 82 valence electrons. The molecule has 2 atom stereocenters. The van der Waals surface area contributed by atoms with Crippen LogP contribution in [0.3, 0.4) is 0 Å². The van der Waals surface area contributed by atoms with Gasteiger partial charge in [0.25, 0.3) is 0 Å². The molecule has 0 aromatic heterocycles. The summed E-state index contributed by atoms with van der Waals surface area (Å²) in [6, 6.07) is -0.0217. The lowest BCUT2D eigenvalue weighted by Gasteiger charge is -2.18. The van der Waals surface area contributed by atoms with Crippen molar-refractivity contribution in [1.29, 1.82) is 0 Å². The molecule has 0 aliphatic carbocycles. The van der Waals surface area contributed by atoms with Crippen molar-refractivity contribution >= 4 is 6.03 Å². The number of nitrogens with zero attached hydrogens (tertiary/aromatic N) is 1. The number of urea groups is 1. The second-order valence-electron chi connectivity index (χ2n) is 4.34. The molecular formula is C10H21N3O. The first kappa shape index (κ1) is 11.3. The van der Waals surface area contributed by atoms with Crippen LogP contribution in [0.15, 0.2) is 0 Å². The predicted octanol–water partition coefficient (Wildman–Crippen LogP) is 0.905. The molecule has 0 radical (unpaired) electrons. The topological polar surface area (TPSA) is 72.3 Å². The average molecular weight is 199 g/mol. The molecule has 1 fully saturated rings. The van der Waals surface area contributed by atoms with Crippen LogP contribution in [0.25, 0.3) is 0 Å². The number of likely N-dealkylation sites (tertiary alicyclic amines) is 1. The highest BCUT2D eigenvalue weighted by Crippen LogP contribution is 2.21.